The Kier molecular flexibility index (Phi) is 2.42. The van der Waals surface area contributed by atoms with Crippen molar-refractivity contribution in [2.24, 2.45) is 0 Å². The van der Waals surface area contributed by atoms with Gasteiger partial charge in [-0.15, -0.1) is 0 Å². The van der Waals surface area contributed by atoms with Crippen molar-refractivity contribution in [3.05, 3.63) is 53.6 Å². The summed E-state index contributed by atoms with van der Waals surface area (Å²) in [6.45, 7) is 0. The largest absolute Gasteiger partial charge is 0.508 e. The zero-order valence-corrected chi connectivity index (χ0v) is 8.20. The standard InChI is InChI=1S/C12H9ClO/c13-11-6-4-9(5-7-11)10-2-1-3-12(14)8-10/h1-8,14H. The van der Waals surface area contributed by atoms with E-state index < -0.39 is 0 Å². The smallest absolute Gasteiger partial charge is 0.116 e. The summed E-state index contributed by atoms with van der Waals surface area (Å²) in [5.41, 5.74) is 2.03. The fraction of sp³-hybridized carbons (Fsp3) is 0. The lowest BCUT2D eigenvalue weighted by Gasteiger charge is -2.01. The highest BCUT2D eigenvalue weighted by Gasteiger charge is 1.97. The van der Waals surface area contributed by atoms with Crippen LogP contribution in [0.15, 0.2) is 48.5 Å². The van der Waals surface area contributed by atoms with Crippen molar-refractivity contribution >= 4 is 11.6 Å². The van der Waals surface area contributed by atoms with Crippen LogP contribution in [0.1, 0.15) is 0 Å². The van der Waals surface area contributed by atoms with Gasteiger partial charge in [-0.1, -0.05) is 35.9 Å². The summed E-state index contributed by atoms with van der Waals surface area (Å²) in [6.07, 6.45) is 0. The SMILES string of the molecule is Oc1cccc(-c2ccc(Cl)cc2)c1. The number of rotatable bonds is 1. The van der Waals surface area contributed by atoms with Crippen LogP contribution in [0.3, 0.4) is 0 Å². The normalized spacial score (nSPS) is 10.1. The van der Waals surface area contributed by atoms with Gasteiger partial charge in [0.1, 0.15) is 5.75 Å². The number of halogens is 1. The average molecular weight is 205 g/mol. The molecular formula is C12H9ClO. The van der Waals surface area contributed by atoms with Crippen LogP contribution in [0.25, 0.3) is 11.1 Å². The lowest BCUT2D eigenvalue weighted by atomic mass is 10.1. The maximum atomic E-state index is 9.30. The predicted molar refractivity (Wildman–Crippen MR) is 58.6 cm³/mol. The molecule has 0 saturated heterocycles. The fourth-order valence-electron chi connectivity index (χ4n) is 1.33. The van der Waals surface area contributed by atoms with Gasteiger partial charge in [0.2, 0.25) is 0 Å². The molecule has 0 amide bonds. The molecule has 1 N–H and O–H groups in total. The number of hydrogen-bond donors (Lipinski definition) is 1. The molecule has 0 atom stereocenters. The Morgan fingerprint density at radius 3 is 2.21 bits per heavy atom. The van der Waals surface area contributed by atoms with E-state index in [2.05, 4.69) is 0 Å². The summed E-state index contributed by atoms with van der Waals surface area (Å²) in [5, 5.41) is 10.0. The molecule has 0 aliphatic rings. The lowest BCUT2D eigenvalue weighted by molar-refractivity contribution is 0.475. The first-order valence-corrected chi connectivity index (χ1v) is 4.68. The van der Waals surface area contributed by atoms with Crippen LogP contribution >= 0.6 is 11.6 Å². The van der Waals surface area contributed by atoms with Gasteiger partial charge < -0.3 is 5.11 Å². The van der Waals surface area contributed by atoms with Crippen molar-refractivity contribution in [3.8, 4) is 16.9 Å². The summed E-state index contributed by atoms with van der Waals surface area (Å²) >= 11 is 5.78. The monoisotopic (exact) mass is 204 g/mol. The number of phenolic OH excluding ortho intramolecular Hbond substituents is 1. The molecule has 2 aromatic carbocycles. The van der Waals surface area contributed by atoms with Crippen molar-refractivity contribution in [1.82, 2.24) is 0 Å². The summed E-state index contributed by atoms with van der Waals surface area (Å²) in [7, 11) is 0. The first-order valence-electron chi connectivity index (χ1n) is 4.31. The van der Waals surface area contributed by atoms with Gasteiger partial charge in [-0.2, -0.15) is 0 Å². The van der Waals surface area contributed by atoms with Gasteiger partial charge in [-0.05, 0) is 35.4 Å². The first-order chi connectivity index (χ1) is 6.75. The Morgan fingerprint density at radius 1 is 0.857 bits per heavy atom. The van der Waals surface area contributed by atoms with Crippen LogP contribution < -0.4 is 0 Å². The summed E-state index contributed by atoms with van der Waals surface area (Å²) in [6, 6.07) is 14.7. The molecule has 2 rings (SSSR count). The van der Waals surface area contributed by atoms with Gasteiger partial charge in [-0.3, -0.25) is 0 Å². The first kappa shape index (κ1) is 9.10. The fourth-order valence-corrected chi connectivity index (χ4v) is 1.45. The zero-order chi connectivity index (χ0) is 9.97. The van der Waals surface area contributed by atoms with Gasteiger partial charge in [0.15, 0.2) is 0 Å². The van der Waals surface area contributed by atoms with Gasteiger partial charge >= 0.3 is 0 Å². The minimum absolute atomic E-state index is 0.275. The van der Waals surface area contributed by atoms with E-state index >= 15 is 0 Å². The Bertz CT molecular complexity index is 434. The van der Waals surface area contributed by atoms with Gasteiger partial charge in [0.05, 0.1) is 0 Å². The molecule has 0 fully saturated rings. The Balaban J connectivity index is 2.44. The van der Waals surface area contributed by atoms with E-state index in [4.69, 9.17) is 11.6 Å². The minimum Gasteiger partial charge on any atom is -0.508 e. The van der Waals surface area contributed by atoms with Crippen molar-refractivity contribution in [3.63, 3.8) is 0 Å². The molecule has 0 aliphatic carbocycles. The Hall–Kier alpha value is -1.47. The molecule has 0 aliphatic heterocycles. The molecule has 2 heteroatoms. The minimum atomic E-state index is 0.275. The van der Waals surface area contributed by atoms with E-state index in [1.165, 1.54) is 0 Å². The third-order valence-corrected chi connectivity index (χ3v) is 2.28. The van der Waals surface area contributed by atoms with Crippen molar-refractivity contribution in [1.29, 1.82) is 0 Å². The van der Waals surface area contributed by atoms with Crippen molar-refractivity contribution < 1.29 is 5.11 Å². The molecule has 0 bridgehead atoms. The van der Waals surface area contributed by atoms with Crippen LogP contribution in [0.4, 0.5) is 0 Å². The van der Waals surface area contributed by atoms with Crippen LogP contribution in [0, 0.1) is 0 Å². The van der Waals surface area contributed by atoms with Crippen molar-refractivity contribution in [2.75, 3.05) is 0 Å². The molecule has 0 radical (unpaired) electrons. The Labute approximate surface area is 87.6 Å². The van der Waals surface area contributed by atoms with E-state index in [0.29, 0.717) is 5.02 Å². The van der Waals surface area contributed by atoms with E-state index in [9.17, 15) is 5.11 Å². The number of phenols is 1. The molecule has 0 aromatic heterocycles. The molecule has 1 nitrogen and oxygen atoms in total. The Morgan fingerprint density at radius 2 is 1.57 bits per heavy atom. The predicted octanol–water partition coefficient (Wildman–Crippen LogP) is 3.71. The number of aromatic hydroxyl groups is 1. The topological polar surface area (TPSA) is 20.2 Å². The van der Waals surface area contributed by atoms with Gasteiger partial charge in [0, 0.05) is 5.02 Å². The summed E-state index contributed by atoms with van der Waals surface area (Å²) in [4.78, 5) is 0. The van der Waals surface area contributed by atoms with E-state index in [1.54, 1.807) is 12.1 Å². The van der Waals surface area contributed by atoms with Crippen LogP contribution in [0.5, 0.6) is 5.75 Å². The van der Waals surface area contributed by atoms with E-state index in [0.717, 1.165) is 11.1 Å². The second-order valence-corrected chi connectivity index (χ2v) is 3.49. The van der Waals surface area contributed by atoms with E-state index in [1.807, 2.05) is 36.4 Å². The second-order valence-electron chi connectivity index (χ2n) is 3.06. The molecule has 0 spiro atoms. The summed E-state index contributed by atoms with van der Waals surface area (Å²) in [5.74, 6) is 0.275. The average Bonchev–Trinajstić information content (AvgIpc) is 2.19. The molecule has 14 heavy (non-hydrogen) atoms. The van der Waals surface area contributed by atoms with E-state index in [-0.39, 0.29) is 5.75 Å². The molecule has 70 valence electrons. The van der Waals surface area contributed by atoms with Gasteiger partial charge in [0.25, 0.3) is 0 Å². The number of benzene rings is 2. The van der Waals surface area contributed by atoms with Gasteiger partial charge in [-0.25, -0.2) is 0 Å². The quantitative estimate of drug-likeness (QED) is 0.751. The van der Waals surface area contributed by atoms with Crippen LogP contribution in [-0.4, -0.2) is 5.11 Å². The molecule has 0 saturated carbocycles. The molecular weight excluding hydrogens is 196 g/mol. The zero-order valence-electron chi connectivity index (χ0n) is 7.44. The molecule has 2 aromatic rings. The third kappa shape index (κ3) is 1.88. The highest BCUT2D eigenvalue weighted by atomic mass is 35.5. The lowest BCUT2D eigenvalue weighted by Crippen LogP contribution is -1.76. The number of hydrogen-bond acceptors (Lipinski definition) is 1. The highest BCUT2D eigenvalue weighted by molar-refractivity contribution is 6.30. The summed E-state index contributed by atoms with van der Waals surface area (Å²) < 4.78 is 0. The van der Waals surface area contributed by atoms with Crippen LogP contribution in [-0.2, 0) is 0 Å². The molecule has 0 unspecified atom stereocenters. The van der Waals surface area contributed by atoms with Crippen molar-refractivity contribution in [2.45, 2.75) is 0 Å². The maximum Gasteiger partial charge on any atom is 0.116 e. The third-order valence-electron chi connectivity index (χ3n) is 2.02. The highest BCUT2D eigenvalue weighted by Crippen LogP contribution is 2.24. The molecule has 0 heterocycles. The van der Waals surface area contributed by atoms with Crippen LogP contribution in [0.2, 0.25) is 5.02 Å². The second kappa shape index (κ2) is 3.72. The maximum absolute atomic E-state index is 9.30.